The molecule has 6 rings (SSSR count). The monoisotopic (exact) mass is 766 g/mol. The number of aliphatic hydroxyl groups is 1. The van der Waals surface area contributed by atoms with Gasteiger partial charge >= 0.3 is 12.4 Å². The highest BCUT2D eigenvalue weighted by Crippen LogP contribution is 2.41. The molecule has 0 spiro atoms. The normalized spacial score (nSPS) is 16.5. The Bertz CT molecular complexity index is 2150. The second kappa shape index (κ2) is 13.6. The lowest BCUT2D eigenvalue weighted by atomic mass is 9.84. The average molecular weight is 767 g/mol. The molecule has 0 radical (unpaired) electrons. The molecule has 0 aliphatic carbocycles. The molecular formula is C35H29F7N4O6S. The highest BCUT2D eigenvalue weighted by Gasteiger charge is 2.43. The Kier molecular flexibility index (Phi) is 9.65. The minimum absolute atomic E-state index is 0.00869. The first kappa shape index (κ1) is 37.5. The number of amides is 3. The van der Waals surface area contributed by atoms with Gasteiger partial charge in [-0.2, -0.15) is 26.3 Å². The number of thiophene rings is 1. The van der Waals surface area contributed by atoms with E-state index in [0.29, 0.717) is 36.6 Å². The van der Waals surface area contributed by atoms with Crippen LogP contribution >= 0.6 is 11.3 Å². The van der Waals surface area contributed by atoms with Crippen LogP contribution in [-0.2, 0) is 21.9 Å². The van der Waals surface area contributed by atoms with Gasteiger partial charge in [0, 0.05) is 40.3 Å². The van der Waals surface area contributed by atoms with Crippen LogP contribution in [0.4, 0.5) is 42.1 Å². The van der Waals surface area contributed by atoms with E-state index in [9.17, 15) is 50.2 Å². The first-order valence-electron chi connectivity index (χ1n) is 15.8. The first-order chi connectivity index (χ1) is 24.7. The van der Waals surface area contributed by atoms with E-state index in [2.05, 4.69) is 15.6 Å². The zero-order valence-corrected chi connectivity index (χ0v) is 28.7. The largest absolute Gasteiger partial charge is 0.496 e. The quantitative estimate of drug-likeness (QED) is 0.166. The van der Waals surface area contributed by atoms with Gasteiger partial charge < -0.3 is 30.1 Å². The summed E-state index contributed by atoms with van der Waals surface area (Å²) < 4.78 is 106. The molecular weight excluding hydrogens is 737 g/mol. The third-order valence-corrected chi connectivity index (χ3v) is 9.96. The van der Waals surface area contributed by atoms with Gasteiger partial charge in [0.1, 0.15) is 23.1 Å². The van der Waals surface area contributed by atoms with Gasteiger partial charge in [0.05, 0.1) is 35.1 Å². The fraction of sp³-hybridized carbons (Fsp3) is 0.314. The smallest absolute Gasteiger partial charge is 0.419 e. The zero-order valence-electron chi connectivity index (χ0n) is 27.9. The number of carbonyl (C=O) groups is 3. The standard InChI is InChI=1S/C35H29F7N4O6S/c1-33(2,50)18-13-46(14-18)32(49)24-15-52-31(44-24)16-4-9-25(51-3)21(10-16)29(47)45-27-20-7-5-17(34(37,38)39)11-26(20)53-28(27)30(48)43-19-6-8-23(36)22(12-19)35(40,41)42/h4-12,18,24,50H,13-15H2,1-3H3,(H,43,48)(H,45,47). The maximum absolute atomic E-state index is 13.9. The molecule has 1 fully saturated rings. The molecule has 1 aromatic heterocycles. The van der Waals surface area contributed by atoms with E-state index in [4.69, 9.17) is 9.47 Å². The van der Waals surface area contributed by atoms with E-state index >= 15 is 0 Å². The van der Waals surface area contributed by atoms with Crippen LogP contribution in [0.2, 0.25) is 0 Å². The molecule has 4 aromatic rings. The summed E-state index contributed by atoms with van der Waals surface area (Å²) in [6.07, 6.45) is -9.85. The van der Waals surface area contributed by atoms with Crippen molar-refractivity contribution in [3.63, 3.8) is 0 Å². The number of methoxy groups -OCH3 is 1. The number of ether oxygens (including phenoxy) is 2. The van der Waals surface area contributed by atoms with E-state index in [-0.39, 0.29) is 61.9 Å². The highest BCUT2D eigenvalue weighted by atomic mass is 32.1. The summed E-state index contributed by atoms with van der Waals surface area (Å²) in [4.78, 5) is 45.9. The number of hydrogen-bond donors (Lipinski definition) is 3. The third kappa shape index (κ3) is 7.64. The summed E-state index contributed by atoms with van der Waals surface area (Å²) in [5.74, 6) is -3.91. The lowest BCUT2D eigenvalue weighted by molar-refractivity contribution is -0.146. The number of likely N-dealkylation sites (tertiary alicyclic amines) is 1. The molecule has 0 bridgehead atoms. The summed E-state index contributed by atoms with van der Waals surface area (Å²) >= 11 is 0.535. The lowest BCUT2D eigenvalue weighted by Gasteiger charge is -2.45. The Morgan fingerprint density at radius 3 is 2.30 bits per heavy atom. The van der Waals surface area contributed by atoms with Gasteiger partial charge in [-0.1, -0.05) is 6.07 Å². The molecule has 3 heterocycles. The SMILES string of the molecule is COc1ccc(C2=NC(C(=O)N3CC(C(C)(C)O)C3)CO2)cc1C(=O)Nc1c(C(=O)Nc2ccc(F)c(C(F)(F)F)c2)sc2cc(C(F)(F)F)ccc12. The molecule has 1 saturated heterocycles. The molecule has 3 N–H and O–H groups in total. The summed E-state index contributed by atoms with van der Waals surface area (Å²) in [7, 11) is 1.27. The molecule has 3 aromatic carbocycles. The van der Waals surface area contributed by atoms with E-state index in [1.807, 2.05) is 0 Å². The van der Waals surface area contributed by atoms with Crippen LogP contribution in [0.1, 0.15) is 50.6 Å². The van der Waals surface area contributed by atoms with Crippen molar-refractivity contribution in [2.24, 2.45) is 10.9 Å². The Morgan fingerprint density at radius 2 is 1.66 bits per heavy atom. The predicted molar refractivity (Wildman–Crippen MR) is 180 cm³/mol. The Morgan fingerprint density at radius 1 is 0.943 bits per heavy atom. The van der Waals surface area contributed by atoms with Gasteiger partial charge in [0.2, 0.25) is 5.90 Å². The number of nitrogens with one attached hydrogen (secondary N) is 2. The summed E-state index contributed by atoms with van der Waals surface area (Å²) in [6.45, 7) is 3.95. The number of alkyl halides is 6. The lowest BCUT2D eigenvalue weighted by Crippen LogP contribution is -2.59. The molecule has 1 unspecified atom stereocenters. The van der Waals surface area contributed by atoms with Crippen LogP contribution in [0.5, 0.6) is 5.75 Å². The Labute approximate surface area is 300 Å². The number of nitrogens with zero attached hydrogens (tertiary/aromatic N) is 2. The molecule has 0 saturated carbocycles. The topological polar surface area (TPSA) is 130 Å². The van der Waals surface area contributed by atoms with Crippen molar-refractivity contribution in [3.8, 4) is 5.75 Å². The maximum Gasteiger partial charge on any atom is 0.419 e. The number of rotatable bonds is 8. The Balaban J connectivity index is 1.30. The molecule has 53 heavy (non-hydrogen) atoms. The number of aliphatic imine (C=N–C) groups is 1. The number of anilines is 2. The summed E-state index contributed by atoms with van der Waals surface area (Å²) in [6, 6.07) is 7.65. The molecule has 3 amide bonds. The van der Waals surface area contributed by atoms with Gasteiger partial charge in [-0.25, -0.2) is 9.38 Å². The first-order valence-corrected chi connectivity index (χ1v) is 16.6. The van der Waals surface area contributed by atoms with Gasteiger partial charge in [-0.3, -0.25) is 14.4 Å². The predicted octanol–water partition coefficient (Wildman–Crippen LogP) is 6.97. The maximum atomic E-state index is 13.9. The number of benzene rings is 3. The van der Waals surface area contributed by atoms with E-state index in [1.165, 1.54) is 25.3 Å². The second-order valence-corrected chi connectivity index (χ2v) is 13.9. The van der Waals surface area contributed by atoms with Crippen LogP contribution < -0.4 is 15.4 Å². The van der Waals surface area contributed by atoms with Crippen molar-refractivity contribution in [1.82, 2.24) is 4.90 Å². The van der Waals surface area contributed by atoms with E-state index in [0.717, 1.165) is 24.3 Å². The average Bonchev–Trinajstić information content (AvgIpc) is 3.68. The van der Waals surface area contributed by atoms with E-state index < -0.39 is 58.4 Å². The number of halogens is 7. The zero-order chi connectivity index (χ0) is 38.6. The summed E-state index contributed by atoms with van der Waals surface area (Å²) in [5.41, 5.74) is -4.26. The van der Waals surface area contributed by atoms with Gasteiger partial charge in [0.15, 0.2) is 6.04 Å². The van der Waals surface area contributed by atoms with Crippen LogP contribution in [0, 0.1) is 11.7 Å². The number of hydrogen-bond acceptors (Lipinski definition) is 8. The molecule has 280 valence electrons. The summed E-state index contributed by atoms with van der Waals surface area (Å²) in [5, 5.41) is 14.9. The van der Waals surface area contributed by atoms with Crippen LogP contribution in [0.15, 0.2) is 59.6 Å². The van der Waals surface area contributed by atoms with Crippen molar-refractivity contribution < 1.29 is 59.7 Å². The number of fused-ring (bicyclic) bond motifs is 1. The van der Waals surface area contributed by atoms with Crippen molar-refractivity contribution in [3.05, 3.63) is 87.5 Å². The molecule has 1 atom stereocenters. The van der Waals surface area contributed by atoms with Gasteiger partial charge in [-0.15, -0.1) is 11.3 Å². The fourth-order valence-corrected chi connectivity index (χ4v) is 6.83. The molecule has 2 aliphatic rings. The Hall–Kier alpha value is -5.23. The van der Waals surface area contributed by atoms with Crippen molar-refractivity contribution in [2.75, 3.05) is 37.4 Å². The van der Waals surface area contributed by atoms with Crippen molar-refractivity contribution in [1.29, 1.82) is 0 Å². The minimum atomic E-state index is -5.09. The minimum Gasteiger partial charge on any atom is -0.496 e. The highest BCUT2D eigenvalue weighted by molar-refractivity contribution is 7.21. The van der Waals surface area contributed by atoms with Gasteiger partial charge in [-0.05, 0) is 62.4 Å². The van der Waals surface area contributed by atoms with E-state index in [1.54, 1.807) is 18.7 Å². The molecule has 18 heteroatoms. The fourth-order valence-electron chi connectivity index (χ4n) is 5.74. The second-order valence-electron chi connectivity index (χ2n) is 12.9. The van der Waals surface area contributed by atoms with Gasteiger partial charge in [0.25, 0.3) is 17.7 Å². The third-order valence-electron chi connectivity index (χ3n) is 8.81. The molecule has 10 nitrogen and oxygen atoms in total. The molecule has 2 aliphatic heterocycles. The van der Waals surface area contributed by atoms with Crippen LogP contribution in [0.25, 0.3) is 10.1 Å². The van der Waals surface area contributed by atoms with Crippen molar-refractivity contribution >= 4 is 56.4 Å². The van der Waals surface area contributed by atoms with Crippen LogP contribution in [-0.4, -0.2) is 72.1 Å². The van der Waals surface area contributed by atoms with Crippen molar-refractivity contribution in [2.45, 2.75) is 37.8 Å². The van der Waals surface area contributed by atoms with Crippen LogP contribution in [0.3, 0.4) is 0 Å². The number of carbonyl (C=O) groups excluding carboxylic acids is 3.